The quantitative estimate of drug-likeness (QED) is 0.669. The first-order chi connectivity index (χ1) is 13.7. The number of H-pyrrole nitrogens is 1. The number of hydrogen-bond acceptors (Lipinski definition) is 4. The number of sulfonamides is 1. The monoisotopic (exact) mass is 411 g/mol. The average Bonchev–Trinajstić information content (AvgIpc) is 3.02. The third-order valence-electron chi connectivity index (χ3n) is 5.49. The Bertz CT molecular complexity index is 1200. The van der Waals surface area contributed by atoms with Crippen LogP contribution in [0, 0.1) is 5.41 Å². The molecule has 152 valence electrons. The number of rotatable bonds is 5. The summed E-state index contributed by atoms with van der Waals surface area (Å²) in [6.45, 7) is 6.25. The lowest BCUT2D eigenvalue weighted by Crippen LogP contribution is -2.26. The van der Waals surface area contributed by atoms with Gasteiger partial charge < -0.3 is 4.98 Å². The van der Waals surface area contributed by atoms with Gasteiger partial charge in [-0.3, -0.25) is 9.78 Å². The van der Waals surface area contributed by atoms with E-state index in [1.807, 2.05) is 19.1 Å². The van der Waals surface area contributed by atoms with Crippen molar-refractivity contribution in [1.29, 1.82) is 0 Å². The fourth-order valence-electron chi connectivity index (χ4n) is 4.12. The number of aromatic amines is 1. The topological polar surface area (TPSA) is 91.9 Å². The maximum absolute atomic E-state index is 13.0. The van der Waals surface area contributed by atoms with Crippen molar-refractivity contribution < 1.29 is 13.2 Å². The first-order valence-corrected chi connectivity index (χ1v) is 11.3. The molecular weight excluding hydrogens is 386 g/mol. The van der Waals surface area contributed by atoms with Crippen molar-refractivity contribution in [3.63, 3.8) is 0 Å². The highest BCUT2D eigenvalue weighted by molar-refractivity contribution is 7.89. The molecule has 1 aromatic carbocycles. The van der Waals surface area contributed by atoms with Crippen molar-refractivity contribution in [2.75, 3.05) is 0 Å². The average molecular weight is 412 g/mol. The number of aryl methyl sites for hydroxylation is 1. The molecule has 0 unspecified atom stereocenters. The van der Waals surface area contributed by atoms with E-state index in [2.05, 4.69) is 28.5 Å². The van der Waals surface area contributed by atoms with E-state index in [1.54, 1.807) is 24.5 Å². The van der Waals surface area contributed by atoms with Gasteiger partial charge in [-0.05, 0) is 47.6 Å². The highest BCUT2D eigenvalue weighted by Gasteiger charge is 2.34. The molecule has 0 saturated carbocycles. The van der Waals surface area contributed by atoms with Gasteiger partial charge in [0.1, 0.15) is 0 Å². The number of fused-ring (bicyclic) bond motifs is 3. The van der Waals surface area contributed by atoms with Crippen LogP contribution in [-0.2, 0) is 29.4 Å². The highest BCUT2D eigenvalue weighted by Crippen LogP contribution is 2.39. The van der Waals surface area contributed by atoms with Gasteiger partial charge in [-0.1, -0.05) is 26.8 Å². The first kappa shape index (κ1) is 19.8. The molecule has 0 aliphatic heterocycles. The Morgan fingerprint density at radius 1 is 1.24 bits per heavy atom. The van der Waals surface area contributed by atoms with Crippen molar-refractivity contribution >= 4 is 26.7 Å². The summed E-state index contributed by atoms with van der Waals surface area (Å²) >= 11 is 0. The maximum atomic E-state index is 13.0. The van der Waals surface area contributed by atoms with Gasteiger partial charge >= 0.3 is 0 Å². The Hall–Kier alpha value is -2.51. The van der Waals surface area contributed by atoms with E-state index < -0.39 is 10.0 Å². The number of carbonyl (C=O) groups is 1. The van der Waals surface area contributed by atoms with Gasteiger partial charge in [0.2, 0.25) is 10.0 Å². The molecule has 3 aromatic rings. The van der Waals surface area contributed by atoms with Gasteiger partial charge in [-0.25, -0.2) is 13.1 Å². The fraction of sp³-hybridized carbons (Fsp3) is 0.364. The molecule has 1 aliphatic rings. The van der Waals surface area contributed by atoms with E-state index >= 15 is 0 Å². The summed E-state index contributed by atoms with van der Waals surface area (Å²) < 4.78 is 28.7. The van der Waals surface area contributed by atoms with Crippen molar-refractivity contribution in [2.24, 2.45) is 5.41 Å². The number of Topliss-reactive ketones (excluding diaryl/α,β-unsaturated/α-hetero) is 1. The first-order valence-electron chi connectivity index (χ1n) is 9.79. The second-order valence-electron chi connectivity index (χ2n) is 8.46. The zero-order chi connectivity index (χ0) is 20.8. The van der Waals surface area contributed by atoms with Gasteiger partial charge in [0, 0.05) is 47.5 Å². The lowest BCUT2D eigenvalue weighted by atomic mass is 9.76. The maximum Gasteiger partial charge on any atom is 0.241 e. The van der Waals surface area contributed by atoms with Crippen LogP contribution in [0.5, 0.6) is 0 Å². The molecule has 29 heavy (non-hydrogen) atoms. The van der Waals surface area contributed by atoms with Crippen molar-refractivity contribution in [1.82, 2.24) is 14.7 Å². The number of benzene rings is 1. The molecule has 2 heterocycles. The minimum atomic E-state index is -3.71. The van der Waals surface area contributed by atoms with Crippen molar-refractivity contribution in [2.45, 2.75) is 51.5 Å². The van der Waals surface area contributed by atoms with Crippen LogP contribution in [0.25, 0.3) is 10.9 Å². The Balaban J connectivity index is 1.76. The molecule has 0 atom stereocenters. The van der Waals surface area contributed by atoms with Crippen LogP contribution in [-0.4, -0.2) is 24.2 Å². The summed E-state index contributed by atoms with van der Waals surface area (Å²) in [4.78, 5) is 20.3. The molecule has 0 bridgehead atoms. The van der Waals surface area contributed by atoms with Crippen LogP contribution in [0.4, 0.5) is 0 Å². The summed E-state index contributed by atoms with van der Waals surface area (Å²) in [5, 5.41) is 0.823. The van der Waals surface area contributed by atoms with E-state index in [4.69, 9.17) is 0 Å². The summed E-state index contributed by atoms with van der Waals surface area (Å²) in [5.41, 5.74) is 3.72. The number of aromatic nitrogens is 2. The lowest BCUT2D eigenvalue weighted by Gasteiger charge is -2.28. The molecule has 0 radical (unpaired) electrons. The predicted molar refractivity (Wildman–Crippen MR) is 112 cm³/mol. The third kappa shape index (κ3) is 3.72. The molecule has 0 fully saturated rings. The number of carbonyl (C=O) groups excluding carboxylic acids is 1. The summed E-state index contributed by atoms with van der Waals surface area (Å²) in [6, 6.07) is 7.12. The number of hydrogen-bond donors (Lipinski definition) is 2. The number of nitrogens with zero attached hydrogens (tertiary/aromatic N) is 1. The fourth-order valence-corrected chi connectivity index (χ4v) is 5.46. The predicted octanol–water partition coefficient (Wildman–Crippen LogP) is 3.76. The summed E-state index contributed by atoms with van der Waals surface area (Å²) in [5.74, 6) is 0.120. The molecule has 1 aliphatic carbocycles. The van der Waals surface area contributed by atoms with E-state index in [9.17, 15) is 13.2 Å². The van der Waals surface area contributed by atoms with Gasteiger partial charge in [0.15, 0.2) is 5.78 Å². The smallest absolute Gasteiger partial charge is 0.241 e. The third-order valence-corrected chi connectivity index (χ3v) is 6.97. The van der Waals surface area contributed by atoms with E-state index in [1.165, 1.54) is 0 Å². The molecule has 7 heteroatoms. The molecule has 2 N–H and O–H groups in total. The summed E-state index contributed by atoms with van der Waals surface area (Å²) in [7, 11) is -3.71. The Kier molecular flexibility index (Phi) is 4.83. The van der Waals surface area contributed by atoms with Crippen LogP contribution in [0.1, 0.15) is 54.4 Å². The molecule has 0 spiro atoms. The standard InChI is InChI=1S/C22H25N3O3S/c1-4-15-8-16-17(25-18-10-22(2,3)11-19(26)21(16)18)9-20(15)29(27,28)24-13-14-6-5-7-23-12-14/h5-9,12,24-25H,4,10-11,13H2,1-3H3. The second-order valence-corrected chi connectivity index (χ2v) is 10.2. The minimum Gasteiger partial charge on any atom is -0.358 e. The molecular formula is C22H25N3O3S. The largest absolute Gasteiger partial charge is 0.358 e. The van der Waals surface area contributed by atoms with E-state index in [0.29, 0.717) is 23.9 Å². The highest BCUT2D eigenvalue weighted by atomic mass is 32.2. The SMILES string of the molecule is CCc1cc2c3c([nH]c2cc1S(=O)(=O)NCc1cccnc1)CC(C)(C)CC3=O. The molecule has 0 saturated heterocycles. The van der Waals surface area contributed by atoms with Crippen molar-refractivity contribution in [3.8, 4) is 0 Å². The van der Waals surface area contributed by atoms with E-state index in [-0.39, 0.29) is 22.6 Å². The normalized spacial score (nSPS) is 16.2. The molecule has 6 nitrogen and oxygen atoms in total. The lowest BCUT2D eigenvalue weighted by molar-refractivity contribution is 0.0913. The Labute approximate surface area is 170 Å². The zero-order valence-corrected chi connectivity index (χ0v) is 17.7. The van der Waals surface area contributed by atoms with Crippen LogP contribution < -0.4 is 4.72 Å². The Morgan fingerprint density at radius 3 is 2.72 bits per heavy atom. The van der Waals surface area contributed by atoms with E-state index in [0.717, 1.165) is 28.6 Å². The molecule has 4 rings (SSSR count). The minimum absolute atomic E-state index is 0.0985. The Morgan fingerprint density at radius 2 is 2.03 bits per heavy atom. The van der Waals surface area contributed by atoms with Crippen LogP contribution in [0.3, 0.4) is 0 Å². The number of ketones is 1. The number of pyridine rings is 1. The van der Waals surface area contributed by atoms with Gasteiger partial charge in [0.05, 0.1) is 4.90 Å². The number of nitrogens with one attached hydrogen (secondary N) is 2. The molecule has 0 amide bonds. The van der Waals surface area contributed by atoms with Gasteiger partial charge in [-0.15, -0.1) is 0 Å². The summed E-state index contributed by atoms with van der Waals surface area (Å²) in [6.07, 6.45) is 5.11. The second kappa shape index (κ2) is 7.07. The van der Waals surface area contributed by atoms with Crippen LogP contribution >= 0.6 is 0 Å². The zero-order valence-electron chi connectivity index (χ0n) is 16.9. The van der Waals surface area contributed by atoms with Gasteiger partial charge in [0.25, 0.3) is 0 Å². The van der Waals surface area contributed by atoms with Crippen molar-refractivity contribution in [3.05, 3.63) is 59.0 Å². The van der Waals surface area contributed by atoms with Gasteiger partial charge in [-0.2, -0.15) is 0 Å². The van der Waals surface area contributed by atoms with Crippen LogP contribution in [0.15, 0.2) is 41.6 Å². The van der Waals surface area contributed by atoms with Crippen LogP contribution in [0.2, 0.25) is 0 Å². The molecule has 2 aromatic heterocycles.